The maximum absolute atomic E-state index is 12.6. The number of carbonyl (C=O) groups excluding carboxylic acids is 2. The van der Waals surface area contributed by atoms with E-state index in [1.165, 1.54) is 24.5 Å². The summed E-state index contributed by atoms with van der Waals surface area (Å²) in [5, 5.41) is 4.95. The number of anilines is 1. The van der Waals surface area contributed by atoms with E-state index in [9.17, 15) is 9.59 Å². The summed E-state index contributed by atoms with van der Waals surface area (Å²) in [6.07, 6.45) is 2.02. The normalized spacial score (nSPS) is 11.7. The fourth-order valence-electron chi connectivity index (χ4n) is 2.99. The number of hydrogen-bond acceptors (Lipinski definition) is 8. The molecule has 2 heterocycles. The summed E-state index contributed by atoms with van der Waals surface area (Å²) < 4.78 is 10.8. The molecule has 1 N–H and O–H groups in total. The van der Waals surface area contributed by atoms with Gasteiger partial charge in [0.1, 0.15) is 11.3 Å². The number of nitrogens with one attached hydrogen (secondary N) is 1. The molecular weight excluding hydrogens is 428 g/mol. The van der Waals surface area contributed by atoms with Crippen LogP contribution in [0, 0.1) is 0 Å². The van der Waals surface area contributed by atoms with E-state index >= 15 is 0 Å². The smallest absolute Gasteiger partial charge is 0.341 e. The molecule has 4 aromatic rings. The van der Waals surface area contributed by atoms with Crippen LogP contribution in [-0.4, -0.2) is 39.5 Å². The lowest BCUT2D eigenvalue weighted by molar-refractivity contribution is -0.123. The largest absolute Gasteiger partial charge is 0.494 e. The summed E-state index contributed by atoms with van der Waals surface area (Å²) in [5.41, 5.74) is 2.88. The first-order valence-electron chi connectivity index (χ1n) is 9.95. The van der Waals surface area contributed by atoms with Crippen molar-refractivity contribution in [3.05, 3.63) is 65.8 Å². The van der Waals surface area contributed by atoms with Gasteiger partial charge in [0.15, 0.2) is 11.2 Å². The molecule has 8 nitrogen and oxygen atoms in total. The molecule has 2 aromatic heterocycles. The lowest BCUT2D eigenvalue weighted by Gasteiger charge is -2.13. The summed E-state index contributed by atoms with van der Waals surface area (Å²) in [7, 11) is 0. The van der Waals surface area contributed by atoms with Gasteiger partial charge in [0.05, 0.1) is 23.4 Å². The van der Waals surface area contributed by atoms with Crippen molar-refractivity contribution in [2.75, 3.05) is 11.9 Å². The second-order valence-electron chi connectivity index (χ2n) is 6.76. The zero-order valence-electron chi connectivity index (χ0n) is 17.4. The maximum Gasteiger partial charge on any atom is 0.341 e. The van der Waals surface area contributed by atoms with Crippen molar-refractivity contribution in [3.8, 4) is 17.0 Å². The van der Waals surface area contributed by atoms with Crippen LogP contribution in [-0.2, 0) is 9.53 Å². The van der Waals surface area contributed by atoms with E-state index in [0.29, 0.717) is 22.8 Å². The minimum absolute atomic E-state index is 0.252. The third-order valence-corrected chi connectivity index (χ3v) is 5.32. The van der Waals surface area contributed by atoms with Crippen molar-refractivity contribution in [2.24, 2.45) is 0 Å². The first kappa shape index (κ1) is 21.4. The van der Waals surface area contributed by atoms with Crippen molar-refractivity contribution in [1.29, 1.82) is 0 Å². The van der Waals surface area contributed by atoms with Crippen LogP contribution in [0.1, 0.15) is 24.2 Å². The maximum atomic E-state index is 12.6. The number of hydrogen-bond donors (Lipinski definition) is 1. The van der Waals surface area contributed by atoms with Gasteiger partial charge in [-0.1, -0.05) is 6.07 Å². The van der Waals surface area contributed by atoms with Crippen molar-refractivity contribution >= 4 is 39.4 Å². The zero-order valence-corrected chi connectivity index (χ0v) is 18.3. The molecule has 1 atom stereocenters. The first-order chi connectivity index (χ1) is 15.5. The number of thiazole rings is 1. The van der Waals surface area contributed by atoms with E-state index in [-0.39, 0.29) is 5.56 Å². The van der Waals surface area contributed by atoms with Crippen LogP contribution in [0.25, 0.3) is 22.3 Å². The number of nitrogens with zero attached hydrogens (tertiary/aromatic N) is 3. The molecule has 32 heavy (non-hydrogen) atoms. The summed E-state index contributed by atoms with van der Waals surface area (Å²) in [5.74, 6) is -0.335. The van der Waals surface area contributed by atoms with Crippen LogP contribution < -0.4 is 10.1 Å². The van der Waals surface area contributed by atoms with Crippen LogP contribution in [0.3, 0.4) is 0 Å². The van der Waals surface area contributed by atoms with E-state index in [0.717, 1.165) is 17.0 Å². The third-order valence-electron chi connectivity index (χ3n) is 4.57. The van der Waals surface area contributed by atoms with E-state index < -0.39 is 18.0 Å². The number of aromatic nitrogens is 3. The molecule has 0 saturated carbocycles. The predicted molar refractivity (Wildman–Crippen MR) is 122 cm³/mol. The highest BCUT2D eigenvalue weighted by Gasteiger charge is 2.22. The van der Waals surface area contributed by atoms with Gasteiger partial charge in [-0.3, -0.25) is 20.1 Å². The van der Waals surface area contributed by atoms with Gasteiger partial charge in [-0.05, 0) is 50.2 Å². The van der Waals surface area contributed by atoms with Crippen LogP contribution in [0.5, 0.6) is 5.75 Å². The van der Waals surface area contributed by atoms with Gasteiger partial charge in [0.25, 0.3) is 5.91 Å². The Morgan fingerprint density at radius 2 is 1.88 bits per heavy atom. The third kappa shape index (κ3) is 4.73. The number of benzene rings is 2. The van der Waals surface area contributed by atoms with Gasteiger partial charge in [0, 0.05) is 23.3 Å². The molecule has 2 aromatic carbocycles. The van der Waals surface area contributed by atoms with E-state index in [1.807, 2.05) is 36.6 Å². The molecule has 0 radical (unpaired) electrons. The van der Waals surface area contributed by atoms with Gasteiger partial charge in [0.2, 0.25) is 0 Å². The highest BCUT2D eigenvalue weighted by molar-refractivity contribution is 7.14. The van der Waals surface area contributed by atoms with E-state index in [1.54, 1.807) is 24.4 Å². The van der Waals surface area contributed by atoms with E-state index in [2.05, 4.69) is 20.3 Å². The Morgan fingerprint density at radius 3 is 2.66 bits per heavy atom. The minimum Gasteiger partial charge on any atom is -0.494 e. The molecule has 4 rings (SSSR count). The molecule has 0 aliphatic heterocycles. The average molecular weight is 449 g/mol. The van der Waals surface area contributed by atoms with Gasteiger partial charge < -0.3 is 9.47 Å². The number of esters is 1. The second kappa shape index (κ2) is 9.52. The summed E-state index contributed by atoms with van der Waals surface area (Å²) in [6.45, 7) is 4.03. The molecule has 9 heteroatoms. The SMILES string of the molecule is CCOc1ccc(-c2csc(NC(=O)C(C)OC(=O)c3cccc4nccnc34)n2)cc1. The van der Waals surface area contributed by atoms with E-state index in [4.69, 9.17) is 9.47 Å². The number of ether oxygens (including phenoxy) is 2. The van der Waals surface area contributed by atoms with Gasteiger partial charge in [-0.15, -0.1) is 11.3 Å². The Kier molecular flexibility index (Phi) is 6.37. The van der Waals surface area contributed by atoms with Crippen LogP contribution in [0.2, 0.25) is 0 Å². The Balaban J connectivity index is 1.40. The summed E-state index contributed by atoms with van der Waals surface area (Å²) in [6, 6.07) is 12.6. The molecule has 162 valence electrons. The van der Waals surface area contributed by atoms with Gasteiger partial charge in [-0.2, -0.15) is 0 Å². The molecule has 0 bridgehead atoms. The topological polar surface area (TPSA) is 103 Å². The fraction of sp³-hybridized carbons (Fsp3) is 0.174. The number of carbonyl (C=O) groups is 2. The lowest BCUT2D eigenvalue weighted by Crippen LogP contribution is -2.30. The Labute approximate surface area is 188 Å². The van der Waals surface area contributed by atoms with Crippen molar-refractivity contribution in [1.82, 2.24) is 15.0 Å². The number of amides is 1. The standard InChI is InChI=1S/C23H20N4O4S/c1-3-30-16-9-7-15(8-10-16)19-13-32-23(26-19)27-21(28)14(2)31-22(29)17-5-4-6-18-20(17)25-12-11-24-18/h4-14H,3H2,1-2H3,(H,26,27,28). The Morgan fingerprint density at radius 1 is 1.09 bits per heavy atom. The lowest BCUT2D eigenvalue weighted by atomic mass is 10.2. The molecule has 0 saturated heterocycles. The first-order valence-corrected chi connectivity index (χ1v) is 10.8. The average Bonchev–Trinajstić information content (AvgIpc) is 3.27. The zero-order chi connectivity index (χ0) is 22.5. The number of para-hydroxylation sites is 1. The van der Waals surface area contributed by atoms with Crippen molar-refractivity contribution < 1.29 is 19.1 Å². The second-order valence-corrected chi connectivity index (χ2v) is 7.62. The van der Waals surface area contributed by atoms with Crippen LogP contribution in [0.4, 0.5) is 5.13 Å². The highest BCUT2D eigenvalue weighted by Crippen LogP contribution is 2.27. The van der Waals surface area contributed by atoms with Gasteiger partial charge >= 0.3 is 5.97 Å². The monoisotopic (exact) mass is 448 g/mol. The Hall–Kier alpha value is -3.85. The fourth-order valence-corrected chi connectivity index (χ4v) is 3.72. The quantitative estimate of drug-likeness (QED) is 0.420. The molecule has 1 unspecified atom stereocenters. The highest BCUT2D eigenvalue weighted by atomic mass is 32.1. The van der Waals surface area contributed by atoms with Gasteiger partial charge in [-0.25, -0.2) is 9.78 Å². The van der Waals surface area contributed by atoms with Crippen LogP contribution in [0.15, 0.2) is 60.2 Å². The molecule has 0 aliphatic carbocycles. The van der Waals surface area contributed by atoms with Crippen LogP contribution >= 0.6 is 11.3 Å². The molecular formula is C23H20N4O4S. The molecule has 0 fully saturated rings. The van der Waals surface area contributed by atoms with Crippen molar-refractivity contribution in [2.45, 2.75) is 20.0 Å². The number of rotatable bonds is 7. The van der Waals surface area contributed by atoms with Crippen molar-refractivity contribution in [3.63, 3.8) is 0 Å². The molecule has 1 amide bonds. The molecule has 0 aliphatic rings. The number of fused-ring (bicyclic) bond motifs is 1. The summed E-state index contributed by atoms with van der Waals surface area (Å²) >= 11 is 1.29. The predicted octanol–water partition coefficient (Wildman–Crippen LogP) is 4.34. The minimum atomic E-state index is -1.02. The molecule has 0 spiro atoms. The Bertz CT molecular complexity index is 1250. The summed E-state index contributed by atoms with van der Waals surface area (Å²) in [4.78, 5) is 37.9.